The zero-order chi connectivity index (χ0) is 14.9. The van der Waals surface area contributed by atoms with E-state index >= 15 is 0 Å². The van der Waals surface area contributed by atoms with Crippen molar-refractivity contribution in [1.29, 1.82) is 0 Å². The highest BCUT2D eigenvalue weighted by Crippen LogP contribution is 2.33. The minimum absolute atomic E-state index is 0.0127. The van der Waals surface area contributed by atoms with E-state index in [1.807, 2.05) is 0 Å². The Labute approximate surface area is 126 Å². The molecular formula is C12H12Cl2N2O3S. The minimum Gasteiger partial charge on any atom is -0.468 e. The number of halogens is 2. The van der Waals surface area contributed by atoms with E-state index in [2.05, 4.69) is 0 Å². The fourth-order valence-corrected chi connectivity index (χ4v) is 4.00. The van der Waals surface area contributed by atoms with Crippen molar-refractivity contribution in [3.8, 4) is 0 Å². The molecule has 0 unspecified atom stereocenters. The van der Waals surface area contributed by atoms with Crippen molar-refractivity contribution in [2.45, 2.75) is 11.4 Å². The highest BCUT2D eigenvalue weighted by molar-refractivity contribution is 7.89. The Balaban J connectivity index is 2.40. The van der Waals surface area contributed by atoms with Gasteiger partial charge in [-0.25, -0.2) is 8.42 Å². The molecule has 1 heterocycles. The first-order chi connectivity index (χ1) is 9.32. The van der Waals surface area contributed by atoms with Gasteiger partial charge < -0.3 is 10.2 Å². The number of benzene rings is 1. The van der Waals surface area contributed by atoms with E-state index in [-0.39, 0.29) is 21.5 Å². The number of rotatable bonds is 4. The largest absolute Gasteiger partial charge is 0.468 e. The first kappa shape index (κ1) is 15.2. The summed E-state index contributed by atoms with van der Waals surface area (Å²) >= 11 is 11.9. The predicted molar refractivity (Wildman–Crippen MR) is 78.2 cm³/mol. The van der Waals surface area contributed by atoms with Gasteiger partial charge in [-0.2, -0.15) is 4.31 Å². The van der Waals surface area contributed by atoms with Gasteiger partial charge in [0.05, 0.1) is 22.9 Å². The molecule has 0 bridgehead atoms. The molecule has 5 nitrogen and oxygen atoms in total. The molecule has 108 valence electrons. The van der Waals surface area contributed by atoms with Crippen LogP contribution in [0.3, 0.4) is 0 Å². The minimum atomic E-state index is -3.84. The molecule has 0 aliphatic rings. The second-order valence-electron chi connectivity index (χ2n) is 4.15. The molecule has 8 heteroatoms. The summed E-state index contributed by atoms with van der Waals surface area (Å²) in [5.74, 6) is 0.513. The van der Waals surface area contributed by atoms with Gasteiger partial charge in [0.1, 0.15) is 10.7 Å². The van der Waals surface area contributed by atoms with Crippen LogP contribution in [-0.2, 0) is 16.6 Å². The van der Waals surface area contributed by atoms with Crippen LogP contribution >= 0.6 is 23.2 Å². The Bertz CT molecular complexity index is 691. The van der Waals surface area contributed by atoms with Crippen molar-refractivity contribution in [1.82, 2.24) is 4.31 Å². The lowest BCUT2D eigenvalue weighted by molar-refractivity contribution is 0.406. The quantitative estimate of drug-likeness (QED) is 0.872. The van der Waals surface area contributed by atoms with E-state index in [9.17, 15) is 8.42 Å². The van der Waals surface area contributed by atoms with Gasteiger partial charge in [0, 0.05) is 12.7 Å². The average Bonchev–Trinajstić information content (AvgIpc) is 2.79. The molecule has 0 radical (unpaired) electrons. The van der Waals surface area contributed by atoms with Crippen LogP contribution in [-0.4, -0.2) is 19.8 Å². The van der Waals surface area contributed by atoms with E-state index in [4.69, 9.17) is 33.4 Å². The summed E-state index contributed by atoms with van der Waals surface area (Å²) in [5.41, 5.74) is 5.86. The van der Waals surface area contributed by atoms with E-state index in [0.29, 0.717) is 11.4 Å². The number of hydrogen-bond acceptors (Lipinski definition) is 4. The predicted octanol–water partition coefficient (Wildman–Crippen LogP) is 2.99. The molecule has 20 heavy (non-hydrogen) atoms. The highest BCUT2D eigenvalue weighted by Gasteiger charge is 2.27. The van der Waals surface area contributed by atoms with Crippen molar-refractivity contribution in [2.75, 3.05) is 12.8 Å². The topological polar surface area (TPSA) is 76.5 Å². The van der Waals surface area contributed by atoms with Gasteiger partial charge in [0.15, 0.2) is 0 Å². The second kappa shape index (κ2) is 5.65. The van der Waals surface area contributed by atoms with E-state index in [1.54, 1.807) is 12.1 Å². The Kier molecular flexibility index (Phi) is 4.29. The summed E-state index contributed by atoms with van der Waals surface area (Å²) < 4.78 is 31.2. The van der Waals surface area contributed by atoms with Gasteiger partial charge in [0.25, 0.3) is 0 Å². The van der Waals surface area contributed by atoms with Crippen molar-refractivity contribution >= 4 is 38.9 Å². The molecule has 0 spiro atoms. The SMILES string of the molecule is CN(Cc1ccco1)S(=O)(=O)c1c(Cl)cc(N)cc1Cl. The van der Waals surface area contributed by atoms with Crippen LogP contribution < -0.4 is 5.73 Å². The molecule has 0 amide bonds. The van der Waals surface area contributed by atoms with Crippen molar-refractivity contribution in [3.05, 3.63) is 46.3 Å². The lowest BCUT2D eigenvalue weighted by Gasteiger charge is -2.18. The van der Waals surface area contributed by atoms with E-state index in [0.717, 1.165) is 4.31 Å². The number of hydrogen-bond donors (Lipinski definition) is 1. The van der Waals surface area contributed by atoms with Crippen molar-refractivity contribution < 1.29 is 12.8 Å². The molecule has 1 aromatic carbocycles. The van der Waals surface area contributed by atoms with Gasteiger partial charge in [-0.05, 0) is 24.3 Å². The van der Waals surface area contributed by atoms with Crippen molar-refractivity contribution in [3.63, 3.8) is 0 Å². The molecule has 0 atom stereocenters. The Morgan fingerprint density at radius 3 is 2.40 bits per heavy atom. The maximum atomic E-state index is 12.5. The van der Waals surface area contributed by atoms with Gasteiger partial charge in [0.2, 0.25) is 10.0 Å². The maximum absolute atomic E-state index is 12.5. The summed E-state index contributed by atoms with van der Waals surface area (Å²) in [6, 6.07) is 6.05. The van der Waals surface area contributed by atoms with Crippen LogP contribution in [0.1, 0.15) is 5.76 Å². The van der Waals surface area contributed by atoms with Crippen LogP contribution in [0.25, 0.3) is 0 Å². The number of nitrogens with two attached hydrogens (primary N) is 1. The lowest BCUT2D eigenvalue weighted by Crippen LogP contribution is -2.27. The third kappa shape index (κ3) is 2.93. The average molecular weight is 335 g/mol. The highest BCUT2D eigenvalue weighted by atomic mass is 35.5. The molecule has 0 fully saturated rings. The Morgan fingerprint density at radius 2 is 1.90 bits per heavy atom. The van der Waals surface area contributed by atoms with Crippen LogP contribution in [0.4, 0.5) is 5.69 Å². The number of sulfonamides is 1. The Morgan fingerprint density at radius 1 is 1.30 bits per heavy atom. The van der Waals surface area contributed by atoms with Crippen LogP contribution in [0, 0.1) is 0 Å². The maximum Gasteiger partial charge on any atom is 0.246 e. The zero-order valence-electron chi connectivity index (χ0n) is 10.5. The standard InChI is InChI=1S/C12H12Cl2N2O3S/c1-16(7-9-3-2-4-19-9)20(17,18)12-10(13)5-8(15)6-11(12)14/h2-6H,7,15H2,1H3. The summed E-state index contributed by atoms with van der Waals surface area (Å²) in [6.07, 6.45) is 1.47. The first-order valence-corrected chi connectivity index (χ1v) is 7.75. The monoisotopic (exact) mass is 334 g/mol. The van der Waals surface area contributed by atoms with E-state index < -0.39 is 10.0 Å². The van der Waals surface area contributed by atoms with Crippen LogP contribution in [0.15, 0.2) is 39.8 Å². The van der Waals surface area contributed by atoms with Crippen molar-refractivity contribution in [2.24, 2.45) is 0 Å². The summed E-state index contributed by atoms with van der Waals surface area (Å²) in [6.45, 7) is 0.0758. The Hall–Kier alpha value is -1.21. The molecular weight excluding hydrogens is 323 g/mol. The summed E-state index contributed by atoms with van der Waals surface area (Å²) in [7, 11) is -2.42. The molecule has 0 aliphatic carbocycles. The number of nitrogens with zero attached hydrogens (tertiary/aromatic N) is 1. The molecule has 0 saturated carbocycles. The van der Waals surface area contributed by atoms with E-state index in [1.165, 1.54) is 25.4 Å². The number of furan rings is 1. The van der Waals surface area contributed by atoms with Gasteiger partial charge >= 0.3 is 0 Å². The molecule has 0 aliphatic heterocycles. The van der Waals surface area contributed by atoms with Gasteiger partial charge in [-0.3, -0.25) is 0 Å². The van der Waals surface area contributed by atoms with Crippen LogP contribution in [0.5, 0.6) is 0 Å². The molecule has 2 aromatic rings. The summed E-state index contributed by atoms with van der Waals surface area (Å²) in [5, 5.41) is -0.0254. The lowest BCUT2D eigenvalue weighted by atomic mass is 10.3. The first-order valence-electron chi connectivity index (χ1n) is 5.55. The summed E-state index contributed by atoms with van der Waals surface area (Å²) in [4.78, 5) is -0.163. The van der Waals surface area contributed by atoms with Gasteiger partial charge in [-0.15, -0.1) is 0 Å². The van der Waals surface area contributed by atoms with Gasteiger partial charge in [-0.1, -0.05) is 23.2 Å². The normalized spacial score (nSPS) is 12.0. The molecule has 1 aromatic heterocycles. The fraction of sp³-hybridized carbons (Fsp3) is 0.167. The number of nitrogen functional groups attached to an aromatic ring is 1. The third-order valence-corrected chi connectivity index (χ3v) is 5.37. The molecule has 0 saturated heterocycles. The smallest absolute Gasteiger partial charge is 0.246 e. The molecule has 2 rings (SSSR count). The third-order valence-electron chi connectivity index (χ3n) is 2.65. The second-order valence-corrected chi connectivity index (χ2v) is 6.95. The number of anilines is 1. The zero-order valence-corrected chi connectivity index (χ0v) is 12.8. The van der Waals surface area contributed by atoms with Crippen LogP contribution in [0.2, 0.25) is 10.0 Å². The molecule has 2 N–H and O–H groups in total. The fourth-order valence-electron chi connectivity index (χ4n) is 1.69.